The van der Waals surface area contributed by atoms with Gasteiger partial charge in [-0.15, -0.1) is 0 Å². The van der Waals surface area contributed by atoms with Gasteiger partial charge in [-0.2, -0.15) is 0 Å². The summed E-state index contributed by atoms with van der Waals surface area (Å²) in [5, 5.41) is 102. The van der Waals surface area contributed by atoms with E-state index in [1.807, 2.05) is 0 Å². The number of hydrogen-bond donors (Lipinski definition) is 10. The lowest BCUT2D eigenvalue weighted by Crippen LogP contribution is -2.70. The molecule has 10 N–H and O–H groups in total. The summed E-state index contributed by atoms with van der Waals surface area (Å²) in [6.07, 6.45) is 30.4. The van der Waals surface area contributed by atoms with Crippen LogP contribution in [0.15, 0.2) is 24.3 Å². The van der Waals surface area contributed by atoms with Crippen LogP contribution in [0.4, 0.5) is 0 Å². The monoisotopic (exact) mass is 1690 g/mol. The lowest BCUT2D eigenvalue weighted by Gasteiger charge is -2.50. The van der Waals surface area contributed by atoms with Crippen LogP contribution < -0.4 is 0 Å². The number of rotatable bonds is 76. The minimum absolute atomic E-state index is 0.00719. The van der Waals surface area contributed by atoms with Crippen LogP contribution in [0.3, 0.4) is 0 Å². The normalized spacial score (nSPS) is 25.1. The van der Waals surface area contributed by atoms with Crippen molar-refractivity contribution in [3.8, 4) is 0 Å². The van der Waals surface area contributed by atoms with E-state index in [0.717, 1.165) is 116 Å². The molecule has 0 aromatic heterocycles. The number of esters is 4. The first-order valence-electron chi connectivity index (χ1n) is 47.1. The molecular formula is C91H167O25P. The number of aliphatic hydroxyl groups is 9. The van der Waals surface area contributed by atoms with Crippen molar-refractivity contribution in [1.29, 1.82) is 0 Å². The minimum atomic E-state index is -5.81. The number of aliphatic hydroxyl groups excluding tert-OH is 9. The molecule has 25 nitrogen and oxygen atoms in total. The molecule has 0 spiro atoms. The van der Waals surface area contributed by atoms with E-state index in [-0.39, 0.29) is 32.1 Å². The van der Waals surface area contributed by atoms with Crippen LogP contribution in [0.25, 0.3) is 0 Å². The number of allylic oxidation sites excluding steroid dienone is 4. The smallest absolute Gasteiger partial charge is 0.463 e. The van der Waals surface area contributed by atoms with Gasteiger partial charge < -0.3 is 88.7 Å². The molecule has 0 bridgehead atoms. The van der Waals surface area contributed by atoms with Gasteiger partial charge >= 0.3 is 31.7 Å². The summed E-state index contributed by atoms with van der Waals surface area (Å²) in [6, 6.07) is 0. The Morgan fingerprint density at radius 3 is 1.03 bits per heavy atom. The van der Waals surface area contributed by atoms with Gasteiger partial charge in [-0.3, -0.25) is 28.2 Å². The highest BCUT2D eigenvalue weighted by molar-refractivity contribution is 7.47. The Bertz CT molecular complexity index is 2530. The van der Waals surface area contributed by atoms with Crippen molar-refractivity contribution in [3.63, 3.8) is 0 Å². The lowest BCUT2D eigenvalue weighted by molar-refractivity contribution is -0.360. The van der Waals surface area contributed by atoms with Crippen molar-refractivity contribution in [2.24, 2.45) is 0 Å². The third-order valence-corrected chi connectivity index (χ3v) is 23.9. The van der Waals surface area contributed by atoms with E-state index in [0.29, 0.717) is 38.5 Å². The highest BCUT2D eigenvalue weighted by atomic mass is 31.2. The van der Waals surface area contributed by atoms with Gasteiger partial charge in [0.1, 0.15) is 92.6 Å². The number of unbranched alkanes of at least 4 members (excludes halogenated alkanes) is 48. The van der Waals surface area contributed by atoms with Crippen LogP contribution in [0.5, 0.6) is 0 Å². The minimum Gasteiger partial charge on any atom is -0.463 e. The molecule has 26 heteroatoms. The molecule has 2 saturated heterocycles. The second-order valence-electron chi connectivity index (χ2n) is 33.5. The van der Waals surface area contributed by atoms with Gasteiger partial charge in [0.15, 0.2) is 24.8 Å². The number of carbonyl (C=O) groups excluding carboxylic acids is 4. The molecule has 117 heavy (non-hydrogen) atoms. The number of phosphoric ester groups is 1. The maximum atomic E-state index is 14.9. The van der Waals surface area contributed by atoms with E-state index in [9.17, 15) is 74.6 Å². The number of carbonyl (C=O) groups is 4. The molecule has 18 unspecified atom stereocenters. The topological polar surface area (TPSA) is 380 Å². The molecule has 3 rings (SSSR count). The van der Waals surface area contributed by atoms with Crippen LogP contribution in [0.1, 0.15) is 400 Å². The Kier molecular flexibility index (Phi) is 64.9. The molecule has 686 valence electrons. The van der Waals surface area contributed by atoms with Gasteiger partial charge in [0.05, 0.1) is 13.2 Å². The summed E-state index contributed by atoms with van der Waals surface area (Å²) in [5.74, 6) is -2.99. The van der Waals surface area contributed by atoms with Crippen molar-refractivity contribution in [2.75, 3.05) is 26.4 Å². The Labute approximate surface area is 704 Å². The van der Waals surface area contributed by atoms with Crippen molar-refractivity contribution in [2.45, 2.75) is 504 Å². The number of ether oxygens (including phenoxy) is 8. The summed E-state index contributed by atoms with van der Waals surface area (Å²) in [4.78, 5) is 66.4. The zero-order chi connectivity index (χ0) is 85.4. The van der Waals surface area contributed by atoms with Crippen molar-refractivity contribution in [1.82, 2.24) is 0 Å². The SMILES string of the molecule is CCCCCCCC/C=C\CCCCCC(=O)OCC1OC(OC2C(OC(=O)CCCCC/C=C\CCCCCCCC)C(O)C(O)C(OC3OC(CO)C(O)C(O)C3O)C2OP(=O)(O)OCC(COC(=O)CCCCCCCCCCCCCCCCCC)OC(=O)CCCCCCCCCCCCCCCCCC)C(O)C(O)C1O. The summed E-state index contributed by atoms with van der Waals surface area (Å²) in [7, 11) is -5.81. The fraction of sp³-hybridized carbons (Fsp3) is 0.912. The Hall–Kier alpha value is -3.05. The van der Waals surface area contributed by atoms with Gasteiger partial charge in [0.25, 0.3) is 0 Å². The average molecular weight is 1690 g/mol. The molecule has 1 aliphatic carbocycles. The first kappa shape index (κ1) is 108. The third kappa shape index (κ3) is 50.5. The zero-order valence-corrected chi connectivity index (χ0v) is 73.9. The molecule has 0 aromatic carbocycles. The zero-order valence-electron chi connectivity index (χ0n) is 73.0. The molecule has 3 aliphatic rings. The van der Waals surface area contributed by atoms with E-state index in [2.05, 4.69) is 52.0 Å². The quantitative estimate of drug-likeness (QED) is 0.00889. The lowest BCUT2D eigenvalue weighted by atomic mass is 9.84. The predicted molar refractivity (Wildman–Crippen MR) is 453 cm³/mol. The highest BCUT2D eigenvalue weighted by Crippen LogP contribution is 2.49. The van der Waals surface area contributed by atoms with Gasteiger partial charge in [-0.1, -0.05) is 322 Å². The second-order valence-corrected chi connectivity index (χ2v) is 34.9. The van der Waals surface area contributed by atoms with Crippen LogP contribution in [-0.2, 0) is 70.7 Å². The molecule has 2 aliphatic heterocycles. The molecule has 0 aromatic rings. The molecule has 18 atom stereocenters. The van der Waals surface area contributed by atoms with Gasteiger partial charge in [-0.25, -0.2) is 4.57 Å². The molecular weight excluding hydrogens is 1520 g/mol. The predicted octanol–water partition coefficient (Wildman–Crippen LogP) is 17.3. The van der Waals surface area contributed by atoms with E-state index in [1.54, 1.807) is 0 Å². The summed E-state index contributed by atoms with van der Waals surface area (Å²) in [6.45, 7) is 5.57. The standard InChI is InChI=1S/C91H167O25P/c1-5-9-13-17-21-25-29-33-35-37-41-44-47-51-55-59-63-74(93)107-68-71(110-76(95)65-61-57-53-49-46-42-38-36-34-30-26-22-18-14-10-6-2)69-109-117(105,106)116-89-87(114-90-84(103)80(99)78(97)72(67-92)111-90)83(102)82(101)86(113-77(96)66-62-58-54-50-45-40-32-28-24-20-16-12-8-4)88(89)115-91-85(104)81(100)79(98)73(112-91)70-108-75(94)64-60-56-52-48-43-39-31-27-23-19-15-11-7-3/h39-40,43,45,71-73,78-92,97-104H,5-38,41-42,44,46-70H2,1-4H3,(H,105,106)/b43-39-,45-40-. The first-order valence-corrected chi connectivity index (χ1v) is 48.6. The maximum absolute atomic E-state index is 14.9. The van der Waals surface area contributed by atoms with Crippen molar-refractivity contribution in [3.05, 3.63) is 24.3 Å². The molecule has 3 fully saturated rings. The number of hydrogen-bond acceptors (Lipinski definition) is 24. The van der Waals surface area contributed by atoms with E-state index >= 15 is 0 Å². The molecule has 2 heterocycles. The summed E-state index contributed by atoms with van der Waals surface area (Å²) >= 11 is 0. The number of phosphoric acid groups is 1. The van der Waals surface area contributed by atoms with E-state index in [4.69, 9.17) is 46.9 Å². The average Bonchev–Trinajstić information content (AvgIpc) is 0.754. The Morgan fingerprint density at radius 2 is 0.641 bits per heavy atom. The first-order chi connectivity index (χ1) is 56.7. The van der Waals surface area contributed by atoms with E-state index < -0.39 is 162 Å². The Morgan fingerprint density at radius 1 is 0.333 bits per heavy atom. The highest BCUT2D eigenvalue weighted by Gasteiger charge is 2.60. The van der Waals surface area contributed by atoms with Crippen molar-refractivity contribution < 1.29 is 122 Å². The van der Waals surface area contributed by atoms with Gasteiger partial charge in [0.2, 0.25) is 0 Å². The van der Waals surface area contributed by atoms with Gasteiger partial charge in [-0.05, 0) is 77.0 Å². The second kappa shape index (κ2) is 70.3. The fourth-order valence-corrected chi connectivity index (χ4v) is 16.4. The van der Waals surface area contributed by atoms with Crippen LogP contribution in [-0.4, -0.2) is 205 Å². The largest absolute Gasteiger partial charge is 0.472 e. The van der Waals surface area contributed by atoms with Gasteiger partial charge in [0, 0.05) is 25.7 Å². The third-order valence-electron chi connectivity index (χ3n) is 22.9. The van der Waals surface area contributed by atoms with Crippen LogP contribution >= 0.6 is 7.82 Å². The summed E-state index contributed by atoms with van der Waals surface area (Å²) in [5.41, 5.74) is 0. The molecule has 0 radical (unpaired) electrons. The maximum Gasteiger partial charge on any atom is 0.472 e. The fourth-order valence-electron chi connectivity index (χ4n) is 15.4. The van der Waals surface area contributed by atoms with Crippen LogP contribution in [0.2, 0.25) is 0 Å². The van der Waals surface area contributed by atoms with Crippen LogP contribution in [0, 0.1) is 0 Å². The summed E-state index contributed by atoms with van der Waals surface area (Å²) < 4.78 is 73.4. The molecule has 0 amide bonds. The molecule has 1 saturated carbocycles. The van der Waals surface area contributed by atoms with E-state index in [1.165, 1.54) is 186 Å². The van der Waals surface area contributed by atoms with Crippen molar-refractivity contribution >= 4 is 31.7 Å². The Balaban J connectivity index is 1.92.